The lowest BCUT2D eigenvalue weighted by Crippen LogP contribution is -2.25. The van der Waals surface area contributed by atoms with Crippen LogP contribution in [0.3, 0.4) is 0 Å². The molecule has 0 bridgehead atoms. The van der Waals surface area contributed by atoms with E-state index in [1.807, 2.05) is 24.3 Å². The maximum Gasteiger partial charge on any atom is 0.255 e. The van der Waals surface area contributed by atoms with Crippen LogP contribution in [0.2, 0.25) is 0 Å². The van der Waals surface area contributed by atoms with E-state index in [4.69, 9.17) is 10.6 Å². The molecule has 1 amide bonds. The highest BCUT2D eigenvalue weighted by Crippen LogP contribution is 2.17. The summed E-state index contributed by atoms with van der Waals surface area (Å²) in [6.07, 6.45) is 1.56. The Morgan fingerprint density at radius 1 is 1.43 bits per heavy atom. The van der Waals surface area contributed by atoms with Gasteiger partial charge in [0.15, 0.2) is 5.82 Å². The average Bonchev–Trinajstić information content (AvgIpc) is 2.52. The number of halogens is 1. The first-order valence-corrected chi connectivity index (χ1v) is 6.96. The van der Waals surface area contributed by atoms with E-state index in [2.05, 4.69) is 31.7 Å². The van der Waals surface area contributed by atoms with E-state index in [1.165, 1.54) is 0 Å². The maximum atomic E-state index is 12.2. The van der Waals surface area contributed by atoms with Crippen LogP contribution in [0.1, 0.15) is 15.9 Å². The number of hydrogen-bond donors (Lipinski definition) is 3. The van der Waals surface area contributed by atoms with Crippen LogP contribution in [0.5, 0.6) is 5.75 Å². The van der Waals surface area contributed by atoms with Crippen molar-refractivity contribution in [1.82, 2.24) is 10.3 Å². The Balaban J connectivity index is 2.09. The summed E-state index contributed by atoms with van der Waals surface area (Å²) in [5, 5.41) is 2.82. The third kappa shape index (κ3) is 3.93. The summed E-state index contributed by atoms with van der Waals surface area (Å²) in [5.41, 5.74) is 3.72. The Labute approximate surface area is 130 Å². The molecule has 0 radical (unpaired) electrons. The van der Waals surface area contributed by atoms with Gasteiger partial charge in [0.2, 0.25) is 0 Å². The van der Waals surface area contributed by atoms with Gasteiger partial charge in [-0.15, -0.1) is 0 Å². The SMILES string of the molecule is COc1cccc(CNC(=O)c2cc(Br)cnc2NN)c1. The van der Waals surface area contributed by atoms with Gasteiger partial charge in [0.1, 0.15) is 5.75 Å². The van der Waals surface area contributed by atoms with Crippen LogP contribution >= 0.6 is 15.9 Å². The molecule has 0 aliphatic carbocycles. The van der Waals surface area contributed by atoms with Gasteiger partial charge in [0, 0.05) is 17.2 Å². The number of benzene rings is 1. The molecule has 2 rings (SSSR count). The molecule has 0 saturated heterocycles. The number of nitrogen functional groups attached to an aromatic ring is 1. The van der Waals surface area contributed by atoms with Gasteiger partial charge in [-0.1, -0.05) is 12.1 Å². The second kappa shape index (κ2) is 7.05. The monoisotopic (exact) mass is 350 g/mol. The predicted molar refractivity (Wildman–Crippen MR) is 83.9 cm³/mol. The highest BCUT2D eigenvalue weighted by Gasteiger charge is 2.12. The number of ether oxygens (including phenoxy) is 1. The van der Waals surface area contributed by atoms with Crippen molar-refractivity contribution >= 4 is 27.7 Å². The van der Waals surface area contributed by atoms with E-state index in [9.17, 15) is 4.79 Å². The molecule has 21 heavy (non-hydrogen) atoms. The van der Waals surface area contributed by atoms with E-state index >= 15 is 0 Å². The highest BCUT2D eigenvalue weighted by molar-refractivity contribution is 9.10. The average molecular weight is 351 g/mol. The lowest BCUT2D eigenvalue weighted by molar-refractivity contribution is 0.0951. The molecular formula is C14H15BrN4O2. The quantitative estimate of drug-likeness (QED) is 0.567. The van der Waals surface area contributed by atoms with Crippen LogP contribution in [0.4, 0.5) is 5.82 Å². The van der Waals surface area contributed by atoms with Crippen LogP contribution in [-0.4, -0.2) is 18.0 Å². The first kappa shape index (κ1) is 15.3. The highest BCUT2D eigenvalue weighted by atomic mass is 79.9. The summed E-state index contributed by atoms with van der Waals surface area (Å²) in [4.78, 5) is 16.2. The number of hydrazine groups is 1. The van der Waals surface area contributed by atoms with Crippen molar-refractivity contribution in [3.63, 3.8) is 0 Å². The molecule has 0 saturated carbocycles. The van der Waals surface area contributed by atoms with Gasteiger partial charge in [-0.3, -0.25) is 4.79 Å². The summed E-state index contributed by atoms with van der Waals surface area (Å²) in [5.74, 6) is 6.16. The zero-order chi connectivity index (χ0) is 15.2. The number of methoxy groups -OCH3 is 1. The normalized spacial score (nSPS) is 10.0. The van der Waals surface area contributed by atoms with Gasteiger partial charge >= 0.3 is 0 Å². The third-order valence-electron chi connectivity index (χ3n) is 2.82. The Hall–Kier alpha value is -2.12. The third-order valence-corrected chi connectivity index (χ3v) is 3.26. The number of aromatic nitrogens is 1. The Bertz CT molecular complexity index is 649. The molecule has 0 aliphatic heterocycles. The molecule has 6 nitrogen and oxygen atoms in total. The first-order chi connectivity index (χ1) is 10.1. The molecule has 2 aromatic rings. The molecule has 4 N–H and O–H groups in total. The smallest absolute Gasteiger partial charge is 0.255 e. The van der Waals surface area contributed by atoms with Crippen LogP contribution in [-0.2, 0) is 6.54 Å². The van der Waals surface area contributed by atoms with Crippen molar-refractivity contribution in [3.05, 3.63) is 52.1 Å². The Morgan fingerprint density at radius 3 is 2.95 bits per heavy atom. The number of carbonyl (C=O) groups is 1. The zero-order valence-electron chi connectivity index (χ0n) is 11.4. The largest absolute Gasteiger partial charge is 0.497 e. The number of amides is 1. The van der Waals surface area contributed by atoms with Gasteiger partial charge in [0.05, 0.1) is 12.7 Å². The van der Waals surface area contributed by atoms with Crippen LogP contribution < -0.4 is 21.3 Å². The van der Waals surface area contributed by atoms with E-state index in [1.54, 1.807) is 19.4 Å². The summed E-state index contributed by atoms with van der Waals surface area (Å²) < 4.78 is 5.84. The van der Waals surface area contributed by atoms with Crippen LogP contribution in [0, 0.1) is 0 Å². The van der Waals surface area contributed by atoms with Crippen molar-refractivity contribution in [1.29, 1.82) is 0 Å². The zero-order valence-corrected chi connectivity index (χ0v) is 13.0. The fraction of sp³-hybridized carbons (Fsp3) is 0.143. The van der Waals surface area contributed by atoms with E-state index in [-0.39, 0.29) is 5.91 Å². The minimum atomic E-state index is -0.264. The Morgan fingerprint density at radius 2 is 2.24 bits per heavy atom. The number of rotatable bonds is 5. The van der Waals surface area contributed by atoms with Crippen molar-refractivity contribution in [2.24, 2.45) is 5.84 Å². The number of anilines is 1. The second-order valence-corrected chi connectivity index (χ2v) is 5.14. The molecule has 1 heterocycles. The van der Waals surface area contributed by atoms with E-state index < -0.39 is 0 Å². The van der Waals surface area contributed by atoms with Gasteiger partial charge in [-0.2, -0.15) is 0 Å². The maximum absolute atomic E-state index is 12.2. The molecule has 0 spiro atoms. The van der Waals surface area contributed by atoms with Crippen molar-refractivity contribution in [2.75, 3.05) is 12.5 Å². The molecule has 0 unspecified atom stereocenters. The van der Waals surface area contributed by atoms with Gasteiger partial charge < -0.3 is 15.5 Å². The van der Waals surface area contributed by atoms with Crippen LogP contribution in [0.25, 0.3) is 0 Å². The lowest BCUT2D eigenvalue weighted by atomic mass is 10.2. The minimum Gasteiger partial charge on any atom is -0.497 e. The number of nitrogens with one attached hydrogen (secondary N) is 2. The van der Waals surface area contributed by atoms with Crippen molar-refractivity contribution in [2.45, 2.75) is 6.54 Å². The van der Waals surface area contributed by atoms with Crippen molar-refractivity contribution in [3.8, 4) is 5.75 Å². The second-order valence-electron chi connectivity index (χ2n) is 4.23. The molecule has 0 fully saturated rings. The van der Waals surface area contributed by atoms with Crippen LogP contribution in [0.15, 0.2) is 41.0 Å². The minimum absolute atomic E-state index is 0.264. The predicted octanol–water partition coefficient (Wildman–Crippen LogP) is 2.07. The van der Waals surface area contributed by atoms with E-state index in [0.29, 0.717) is 22.4 Å². The number of carbonyl (C=O) groups excluding carboxylic acids is 1. The van der Waals surface area contributed by atoms with Gasteiger partial charge in [-0.25, -0.2) is 10.8 Å². The Kier molecular flexibility index (Phi) is 5.13. The summed E-state index contributed by atoms with van der Waals surface area (Å²) in [6, 6.07) is 9.14. The molecule has 0 atom stereocenters. The summed E-state index contributed by atoms with van der Waals surface area (Å²) in [7, 11) is 1.60. The molecule has 110 valence electrons. The van der Waals surface area contributed by atoms with Crippen molar-refractivity contribution < 1.29 is 9.53 Å². The summed E-state index contributed by atoms with van der Waals surface area (Å²) in [6.45, 7) is 0.382. The topological polar surface area (TPSA) is 89.3 Å². The summed E-state index contributed by atoms with van der Waals surface area (Å²) >= 11 is 3.28. The van der Waals surface area contributed by atoms with E-state index in [0.717, 1.165) is 11.3 Å². The number of nitrogens with two attached hydrogens (primary N) is 1. The van der Waals surface area contributed by atoms with Gasteiger partial charge in [-0.05, 0) is 39.7 Å². The van der Waals surface area contributed by atoms with Gasteiger partial charge in [0.25, 0.3) is 5.91 Å². The molecular weight excluding hydrogens is 336 g/mol. The molecule has 1 aromatic heterocycles. The first-order valence-electron chi connectivity index (χ1n) is 6.17. The fourth-order valence-electron chi connectivity index (χ4n) is 1.79. The molecule has 0 aliphatic rings. The molecule has 1 aromatic carbocycles. The number of hydrogen-bond acceptors (Lipinski definition) is 5. The fourth-order valence-corrected chi connectivity index (χ4v) is 2.12. The molecule has 7 heteroatoms. The number of pyridine rings is 1. The number of nitrogens with zero attached hydrogens (tertiary/aromatic N) is 1. The standard InChI is InChI=1S/C14H15BrN4O2/c1-21-11-4-2-3-9(5-11)7-18-14(20)12-6-10(15)8-17-13(12)19-16/h2-6,8H,7,16H2,1H3,(H,17,19)(H,18,20). The lowest BCUT2D eigenvalue weighted by Gasteiger charge is -2.10.